The van der Waals surface area contributed by atoms with Gasteiger partial charge in [0.2, 0.25) is 0 Å². The number of carbonyl (C=O) groups excluding carboxylic acids is 2. The molecule has 0 bridgehead atoms. The third kappa shape index (κ3) is 6.20. The first kappa shape index (κ1) is 19.5. The minimum atomic E-state index is -1.12. The van der Waals surface area contributed by atoms with E-state index >= 15 is 0 Å². The van der Waals surface area contributed by atoms with Crippen molar-refractivity contribution < 1.29 is 33.4 Å². The topological polar surface area (TPSA) is 139 Å². The molecule has 0 radical (unpaired) electrons. The molecule has 1 heterocycles. The molecule has 0 saturated heterocycles. The van der Waals surface area contributed by atoms with Crippen molar-refractivity contribution in [3.63, 3.8) is 0 Å². The molecule has 0 aliphatic carbocycles. The number of carboxylic acids is 1. The van der Waals surface area contributed by atoms with Gasteiger partial charge in [0, 0.05) is 0 Å². The number of aliphatic carboxylic acids is 1. The van der Waals surface area contributed by atoms with E-state index in [9.17, 15) is 14.4 Å². The molecule has 142 valence electrons. The molecule has 10 heteroatoms. The number of carboxylic acid groups (broad SMARTS) is 1. The first-order valence-corrected chi connectivity index (χ1v) is 7.66. The van der Waals surface area contributed by atoms with E-state index in [4.69, 9.17) is 19.0 Å². The van der Waals surface area contributed by atoms with Crippen LogP contribution in [0.4, 0.5) is 0 Å². The second-order valence-electron chi connectivity index (χ2n) is 5.05. The third-order valence-corrected chi connectivity index (χ3v) is 3.13. The van der Waals surface area contributed by atoms with E-state index in [1.165, 1.54) is 31.7 Å². The van der Waals surface area contributed by atoms with Crippen LogP contribution >= 0.6 is 0 Å². The summed E-state index contributed by atoms with van der Waals surface area (Å²) in [5.74, 6) is -1.86. The van der Waals surface area contributed by atoms with Gasteiger partial charge in [0.05, 0.1) is 26.1 Å². The minimum Gasteiger partial charge on any atom is -0.493 e. The molecule has 0 saturated carbocycles. The van der Waals surface area contributed by atoms with Gasteiger partial charge in [0.1, 0.15) is 5.76 Å². The zero-order valence-corrected chi connectivity index (χ0v) is 14.3. The lowest BCUT2D eigenvalue weighted by molar-refractivity contribution is -0.139. The molecular weight excluding hydrogens is 358 g/mol. The normalized spacial score (nSPS) is 10.4. The summed E-state index contributed by atoms with van der Waals surface area (Å²) in [6.07, 6.45) is 2.75. The highest BCUT2D eigenvalue weighted by Gasteiger charge is 2.12. The van der Waals surface area contributed by atoms with Crippen molar-refractivity contribution in [1.29, 1.82) is 0 Å². The highest BCUT2D eigenvalue weighted by Crippen LogP contribution is 2.27. The van der Waals surface area contributed by atoms with E-state index in [-0.39, 0.29) is 12.3 Å². The van der Waals surface area contributed by atoms with Crippen molar-refractivity contribution in [2.24, 2.45) is 5.10 Å². The number of hydrogen-bond acceptors (Lipinski definition) is 7. The second kappa shape index (κ2) is 9.61. The van der Waals surface area contributed by atoms with Crippen LogP contribution in [-0.4, -0.2) is 42.8 Å². The van der Waals surface area contributed by atoms with E-state index in [1.807, 2.05) is 0 Å². The summed E-state index contributed by atoms with van der Waals surface area (Å²) in [4.78, 5) is 33.8. The molecule has 1 aromatic heterocycles. The fourth-order valence-corrected chi connectivity index (χ4v) is 1.90. The van der Waals surface area contributed by atoms with Gasteiger partial charge >= 0.3 is 17.8 Å². The number of hydrazone groups is 1. The van der Waals surface area contributed by atoms with Gasteiger partial charge in [-0.2, -0.15) is 5.10 Å². The number of methoxy groups -OCH3 is 1. The summed E-state index contributed by atoms with van der Waals surface area (Å²) in [5, 5.41) is 14.7. The Bertz CT molecular complexity index is 831. The highest BCUT2D eigenvalue weighted by molar-refractivity contribution is 6.35. The van der Waals surface area contributed by atoms with Gasteiger partial charge in [0.25, 0.3) is 0 Å². The summed E-state index contributed by atoms with van der Waals surface area (Å²) >= 11 is 0. The van der Waals surface area contributed by atoms with Crippen LogP contribution in [0.25, 0.3) is 0 Å². The molecule has 1 aromatic carbocycles. The van der Waals surface area contributed by atoms with Crippen LogP contribution in [0.15, 0.2) is 46.1 Å². The first-order valence-electron chi connectivity index (χ1n) is 7.66. The van der Waals surface area contributed by atoms with Crippen LogP contribution in [0.3, 0.4) is 0 Å². The molecule has 2 amide bonds. The number of amides is 2. The summed E-state index contributed by atoms with van der Waals surface area (Å²) in [7, 11) is 1.40. The maximum Gasteiger partial charge on any atom is 0.341 e. The second-order valence-corrected chi connectivity index (χ2v) is 5.05. The van der Waals surface area contributed by atoms with E-state index < -0.39 is 24.4 Å². The number of nitrogens with zero attached hydrogens (tertiary/aromatic N) is 1. The first-order chi connectivity index (χ1) is 13.0. The van der Waals surface area contributed by atoms with Gasteiger partial charge in [-0.1, -0.05) is 0 Å². The Morgan fingerprint density at radius 3 is 2.70 bits per heavy atom. The lowest BCUT2D eigenvalue weighted by Gasteiger charge is -2.09. The van der Waals surface area contributed by atoms with Crippen LogP contribution in [0.5, 0.6) is 11.5 Å². The number of furan rings is 1. The molecule has 0 spiro atoms. The van der Waals surface area contributed by atoms with Crippen molar-refractivity contribution >= 4 is 24.0 Å². The Morgan fingerprint density at radius 1 is 1.22 bits per heavy atom. The summed E-state index contributed by atoms with van der Waals surface area (Å²) < 4.78 is 15.2. The average Bonchev–Trinajstić information content (AvgIpc) is 3.18. The zero-order chi connectivity index (χ0) is 19.6. The SMILES string of the molecule is COc1cc(/C=N\NC(=O)C(=O)NCc2ccco2)ccc1OCC(=O)O. The zero-order valence-electron chi connectivity index (χ0n) is 14.3. The van der Waals surface area contributed by atoms with Gasteiger partial charge < -0.3 is 24.3 Å². The molecule has 0 atom stereocenters. The molecule has 2 rings (SSSR count). The summed E-state index contributed by atoms with van der Waals surface area (Å²) in [6, 6.07) is 7.93. The summed E-state index contributed by atoms with van der Waals surface area (Å²) in [6.45, 7) is -0.426. The average molecular weight is 375 g/mol. The monoisotopic (exact) mass is 375 g/mol. The van der Waals surface area contributed by atoms with Crippen molar-refractivity contribution in [2.45, 2.75) is 6.54 Å². The molecule has 10 nitrogen and oxygen atoms in total. The number of rotatable bonds is 8. The smallest absolute Gasteiger partial charge is 0.341 e. The van der Waals surface area contributed by atoms with Crippen LogP contribution < -0.4 is 20.2 Å². The molecule has 0 fully saturated rings. The minimum absolute atomic E-state index is 0.0813. The van der Waals surface area contributed by atoms with Gasteiger partial charge in [-0.3, -0.25) is 9.59 Å². The quantitative estimate of drug-likeness (QED) is 0.347. The Hall–Kier alpha value is -3.82. The molecule has 2 aromatic rings. The lowest BCUT2D eigenvalue weighted by atomic mass is 10.2. The van der Waals surface area contributed by atoms with E-state index in [2.05, 4.69) is 15.8 Å². The van der Waals surface area contributed by atoms with Crippen molar-refractivity contribution in [2.75, 3.05) is 13.7 Å². The van der Waals surface area contributed by atoms with Gasteiger partial charge in [-0.25, -0.2) is 10.2 Å². The number of hydrogen-bond donors (Lipinski definition) is 3. The Kier molecular flexibility index (Phi) is 6.94. The van der Waals surface area contributed by atoms with Crippen LogP contribution in [0, 0.1) is 0 Å². The molecular formula is C17H17N3O7. The van der Waals surface area contributed by atoms with Crippen molar-refractivity contribution in [1.82, 2.24) is 10.7 Å². The fraction of sp³-hybridized carbons (Fsp3) is 0.176. The van der Waals surface area contributed by atoms with E-state index in [1.54, 1.807) is 18.2 Å². The Balaban J connectivity index is 1.87. The number of nitrogens with one attached hydrogen (secondary N) is 2. The predicted octanol–water partition coefficient (Wildman–Crippen LogP) is 0.518. The molecule has 0 aliphatic rings. The molecule has 0 unspecified atom stereocenters. The fourth-order valence-electron chi connectivity index (χ4n) is 1.90. The maximum atomic E-state index is 11.7. The highest BCUT2D eigenvalue weighted by atomic mass is 16.5. The van der Waals surface area contributed by atoms with Crippen molar-refractivity contribution in [3.05, 3.63) is 47.9 Å². The largest absolute Gasteiger partial charge is 0.493 e. The standard InChI is InChI=1S/C17H17N3O7/c1-25-14-7-11(4-5-13(14)27-10-15(21)22)8-19-20-17(24)16(23)18-9-12-3-2-6-26-12/h2-8H,9-10H2,1H3,(H,18,23)(H,20,24)(H,21,22)/b19-8-. The van der Waals surface area contributed by atoms with E-state index in [0.29, 0.717) is 17.1 Å². The third-order valence-electron chi connectivity index (χ3n) is 3.13. The number of benzene rings is 1. The lowest BCUT2D eigenvalue weighted by Crippen LogP contribution is -2.37. The van der Waals surface area contributed by atoms with Gasteiger partial charge in [-0.15, -0.1) is 0 Å². The van der Waals surface area contributed by atoms with Gasteiger partial charge in [0.15, 0.2) is 18.1 Å². The van der Waals surface area contributed by atoms with E-state index in [0.717, 1.165) is 0 Å². The maximum absolute atomic E-state index is 11.7. The van der Waals surface area contributed by atoms with Crippen LogP contribution in [0.1, 0.15) is 11.3 Å². The molecule has 0 aliphatic heterocycles. The number of carbonyl (C=O) groups is 3. The van der Waals surface area contributed by atoms with Crippen LogP contribution in [-0.2, 0) is 20.9 Å². The Morgan fingerprint density at radius 2 is 2.04 bits per heavy atom. The van der Waals surface area contributed by atoms with Crippen molar-refractivity contribution in [3.8, 4) is 11.5 Å². The van der Waals surface area contributed by atoms with Crippen LogP contribution in [0.2, 0.25) is 0 Å². The molecule has 27 heavy (non-hydrogen) atoms. The number of ether oxygens (including phenoxy) is 2. The van der Waals surface area contributed by atoms with Gasteiger partial charge in [-0.05, 0) is 35.9 Å². The Labute approximate surface area is 153 Å². The summed E-state index contributed by atoms with van der Waals surface area (Å²) in [5.41, 5.74) is 2.62. The molecule has 3 N–H and O–H groups in total. The predicted molar refractivity (Wildman–Crippen MR) is 92.4 cm³/mol.